The van der Waals surface area contributed by atoms with Crippen LogP contribution in [-0.2, 0) is 11.3 Å². The molecule has 0 atom stereocenters. The molecule has 0 unspecified atom stereocenters. The number of nitrogens with zero attached hydrogens (tertiary/aromatic N) is 2. The van der Waals surface area contributed by atoms with Crippen molar-refractivity contribution in [2.75, 3.05) is 13.1 Å². The van der Waals surface area contributed by atoms with E-state index < -0.39 is 0 Å². The first-order valence-electron chi connectivity index (χ1n) is 8.18. The predicted molar refractivity (Wildman–Crippen MR) is 95.1 cm³/mol. The number of fused-ring (bicyclic) bond motifs is 1. The number of carbonyl (C=O) groups is 1. The highest BCUT2D eigenvalue weighted by Crippen LogP contribution is 2.31. The van der Waals surface area contributed by atoms with Gasteiger partial charge >= 0.3 is 0 Å². The fourth-order valence-electron chi connectivity index (χ4n) is 3.27. The number of furan rings is 1. The summed E-state index contributed by atoms with van der Waals surface area (Å²) in [5.41, 5.74) is 5.98. The summed E-state index contributed by atoms with van der Waals surface area (Å²) in [5, 5.41) is 2.46. The topological polar surface area (TPSA) is 105 Å². The first-order valence-corrected chi connectivity index (χ1v) is 9.05. The van der Waals surface area contributed by atoms with Gasteiger partial charge in [0.2, 0.25) is 5.91 Å². The Hall–Kier alpha value is -2.45. The second-order valence-corrected chi connectivity index (χ2v) is 7.13. The van der Waals surface area contributed by atoms with E-state index in [1.165, 1.54) is 11.3 Å². The molecule has 0 bridgehead atoms. The molecule has 0 saturated carbocycles. The average molecular weight is 358 g/mol. The van der Waals surface area contributed by atoms with Crippen LogP contribution in [0.1, 0.15) is 18.7 Å². The third-order valence-electron chi connectivity index (χ3n) is 4.64. The average Bonchev–Trinajstić information content (AvgIpc) is 3.24. The van der Waals surface area contributed by atoms with Gasteiger partial charge in [0.05, 0.1) is 18.2 Å². The number of likely N-dealkylation sites (tertiary alicyclic amines) is 1. The molecule has 0 spiro atoms. The minimum absolute atomic E-state index is 0.0427. The molecule has 1 saturated heterocycles. The minimum atomic E-state index is -0.225. The lowest BCUT2D eigenvalue weighted by molar-refractivity contribution is -0.123. The normalized spacial score (nSPS) is 16.5. The number of primary amides is 1. The number of nitrogens with one attached hydrogen (secondary N) is 1. The van der Waals surface area contributed by atoms with Crippen LogP contribution >= 0.6 is 11.3 Å². The van der Waals surface area contributed by atoms with Gasteiger partial charge in [-0.05, 0) is 38.1 Å². The number of aromatic amines is 1. The van der Waals surface area contributed by atoms with E-state index in [1.807, 2.05) is 11.4 Å². The summed E-state index contributed by atoms with van der Waals surface area (Å²) in [4.78, 5) is 34.2. The SMILES string of the molecule is NC(=O)C1CCN(Cc2nc3scc(-c4ccco4)c3c(=O)[nH]2)CC1. The Kier molecular flexibility index (Phi) is 4.14. The molecule has 7 nitrogen and oxygen atoms in total. The van der Waals surface area contributed by atoms with Gasteiger partial charge in [0.25, 0.3) is 5.56 Å². The number of H-pyrrole nitrogens is 1. The fourth-order valence-corrected chi connectivity index (χ4v) is 4.22. The maximum atomic E-state index is 12.5. The molecule has 8 heteroatoms. The zero-order valence-electron chi connectivity index (χ0n) is 13.5. The van der Waals surface area contributed by atoms with Gasteiger partial charge in [-0.25, -0.2) is 4.98 Å². The Morgan fingerprint density at radius 2 is 2.24 bits per heavy atom. The highest BCUT2D eigenvalue weighted by molar-refractivity contribution is 7.17. The fraction of sp³-hybridized carbons (Fsp3) is 0.353. The number of rotatable bonds is 4. The van der Waals surface area contributed by atoms with Crippen LogP contribution in [-0.4, -0.2) is 33.9 Å². The molecule has 0 radical (unpaired) electrons. The molecule has 4 rings (SSSR count). The molecule has 0 aliphatic carbocycles. The minimum Gasteiger partial charge on any atom is -0.464 e. The number of amides is 1. The molecule has 3 aromatic heterocycles. The maximum Gasteiger partial charge on any atom is 0.260 e. The van der Waals surface area contributed by atoms with Crippen molar-refractivity contribution in [1.29, 1.82) is 0 Å². The first kappa shape index (κ1) is 16.0. The van der Waals surface area contributed by atoms with Crippen molar-refractivity contribution in [3.63, 3.8) is 0 Å². The lowest BCUT2D eigenvalue weighted by atomic mass is 9.96. The molecule has 130 valence electrons. The van der Waals surface area contributed by atoms with Crippen molar-refractivity contribution in [2.24, 2.45) is 11.7 Å². The molecular weight excluding hydrogens is 340 g/mol. The number of nitrogens with two attached hydrogens (primary N) is 1. The van der Waals surface area contributed by atoms with Gasteiger partial charge < -0.3 is 15.1 Å². The summed E-state index contributed by atoms with van der Waals surface area (Å²) in [5.74, 6) is 1.04. The van der Waals surface area contributed by atoms with Gasteiger partial charge in [-0.1, -0.05) is 0 Å². The Bertz CT molecular complexity index is 952. The van der Waals surface area contributed by atoms with Gasteiger partial charge in [0.1, 0.15) is 16.4 Å². The smallest absolute Gasteiger partial charge is 0.260 e. The molecule has 3 N–H and O–H groups in total. The molecule has 4 heterocycles. The van der Waals surface area contributed by atoms with Crippen LogP contribution in [0.2, 0.25) is 0 Å². The van der Waals surface area contributed by atoms with Crippen molar-refractivity contribution < 1.29 is 9.21 Å². The van der Waals surface area contributed by atoms with Crippen LogP contribution in [0.25, 0.3) is 21.5 Å². The van der Waals surface area contributed by atoms with Gasteiger partial charge in [0.15, 0.2) is 0 Å². The summed E-state index contributed by atoms with van der Waals surface area (Å²) in [6.07, 6.45) is 3.09. The molecule has 0 aromatic carbocycles. The van der Waals surface area contributed by atoms with Gasteiger partial charge in [-0.3, -0.25) is 14.5 Å². The molecule has 1 amide bonds. The van der Waals surface area contributed by atoms with E-state index in [0.29, 0.717) is 28.3 Å². The second-order valence-electron chi connectivity index (χ2n) is 6.27. The molecular formula is C17H18N4O3S. The van der Waals surface area contributed by atoms with Crippen LogP contribution in [0.5, 0.6) is 0 Å². The molecule has 25 heavy (non-hydrogen) atoms. The first-order chi connectivity index (χ1) is 12.1. The number of piperidine rings is 1. The third-order valence-corrected chi connectivity index (χ3v) is 5.52. The highest BCUT2D eigenvalue weighted by Gasteiger charge is 2.24. The monoisotopic (exact) mass is 358 g/mol. The van der Waals surface area contributed by atoms with Crippen molar-refractivity contribution in [2.45, 2.75) is 19.4 Å². The van der Waals surface area contributed by atoms with E-state index in [0.717, 1.165) is 31.5 Å². The zero-order valence-corrected chi connectivity index (χ0v) is 14.3. The van der Waals surface area contributed by atoms with Crippen molar-refractivity contribution in [1.82, 2.24) is 14.9 Å². The second kappa shape index (κ2) is 6.45. The lowest BCUT2D eigenvalue weighted by Crippen LogP contribution is -2.38. The van der Waals surface area contributed by atoms with E-state index in [2.05, 4.69) is 14.9 Å². The number of carbonyl (C=O) groups excluding carboxylic acids is 1. The van der Waals surface area contributed by atoms with E-state index in [9.17, 15) is 9.59 Å². The van der Waals surface area contributed by atoms with Crippen molar-refractivity contribution in [3.05, 3.63) is 40.0 Å². The van der Waals surface area contributed by atoms with Gasteiger partial charge in [-0.15, -0.1) is 11.3 Å². The molecule has 3 aromatic rings. The van der Waals surface area contributed by atoms with Crippen LogP contribution in [0.15, 0.2) is 33.0 Å². The van der Waals surface area contributed by atoms with Crippen molar-refractivity contribution in [3.8, 4) is 11.3 Å². The number of hydrogen-bond acceptors (Lipinski definition) is 6. The van der Waals surface area contributed by atoms with Crippen LogP contribution < -0.4 is 11.3 Å². The Morgan fingerprint density at radius 1 is 1.44 bits per heavy atom. The zero-order chi connectivity index (χ0) is 17.4. The third kappa shape index (κ3) is 3.10. The largest absolute Gasteiger partial charge is 0.464 e. The summed E-state index contributed by atoms with van der Waals surface area (Å²) in [6.45, 7) is 2.11. The molecule has 1 aliphatic rings. The quantitative estimate of drug-likeness (QED) is 0.741. The highest BCUT2D eigenvalue weighted by atomic mass is 32.1. The number of hydrogen-bond donors (Lipinski definition) is 2. The number of aromatic nitrogens is 2. The van der Waals surface area contributed by atoms with Crippen LogP contribution in [0, 0.1) is 5.92 Å². The Balaban J connectivity index is 1.56. The maximum absolute atomic E-state index is 12.5. The van der Waals surface area contributed by atoms with Crippen LogP contribution in [0.4, 0.5) is 0 Å². The lowest BCUT2D eigenvalue weighted by Gasteiger charge is -2.29. The number of thiophene rings is 1. The van der Waals surface area contributed by atoms with Crippen molar-refractivity contribution >= 4 is 27.5 Å². The Labute approximate surface area is 147 Å². The Morgan fingerprint density at radius 3 is 2.92 bits per heavy atom. The van der Waals surface area contributed by atoms with E-state index in [-0.39, 0.29) is 17.4 Å². The van der Waals surface area contributed by atoms with Gasteiger partial charge in [0, 0.05) is 16.9 Å². The molecule has 1 aliphatic heterocycles. The summed E-state index contributed by atoms with van der Waals surface area (Å²) >= 11 is 1.44. The summed E-state index contributed by atoms with van der Waals surface area (Å²) in [7, 11) is 0. The predicted octanol–water partition coefficient (Wildman–Crippen LogP) is 1.94. The van der Waals surface area contributed by atoms with E-state index in [4.69, 9.17) is 10.2 Å². The summed E-state index contributed by atoms with van der Waals surface area (Å²) < 4.78 is 5.40. The van der Waals surface area contributed by atoms with E-state index in [1.54, 1.807) is 12.3 Å². The summed E-state index contributed by atoms with van der Waals surface area (Å²) in [6, 6.07) is 3.63. The molecule has 1 fully saturated rings. The standard InChI is InChI=1S/C17H18N4O3S/c18-15(22)10-3-5-21(6-4-10)8-13-19-16(23)14-11(9-25-17(14)20-13)12-2-1-7-24-12/h1-2,7,9-10H,3-6,8H2,(H2,18,22)(H,19,20,23). The van der Waals surface area contributed by atoms with Gasteiger partial charge in [-0.2, -0.15) is 0 Å². The van der Waals surface area contributed by atoms with Crippen LogP contribution in [0.3, 0.4) is 0 Å². The van der Waals surface area contributed by atoms with E-state index >= 15 is 0 Å².